The van der Waals surface area contributed by atoms with Crippen LogP contribution in [0.1, 0.15) is 5.56 Å². The van der Waals surface area contributed by atoms with Gasteiger partial charge >= 0.3 is 0 Å². The van der Waals surface area contributed by atoms with Crippen molar-refractivity contribution in [3.63, 3.8) is 0 Å². The van der Waals surface area contributed by atoms with Gasteiger partial charge in [-0.3, -0.25) is 10.1 Å². The molecule has 1 aromatic heterocycles. The third kappa shape index (κ3) is 1.53. The number of nitro groups is 1. The molecule has 0 bridgehead atoms. The first-order chi connectivity index (χ1) is 7.11. The molecule has 76 valence electrons. The van der Waals surface area contributed by atoms with Gasteiger partial charge in [0.1, 0.15) is 5.52 Å². The molecule has 15 heavy (non-hydrogen) atoms. The molecule has 0 atom stereocenters. The predicted octanol–water partition coefficient (Wildman–Crippen LogP) is 3.10. The molecular formula is C10H7ClN2O2. The Hall–Kier alpha value is -1.68. The van der Waals surface area contributed by atoms with E-state index in [0.717, 1.165) is 5.56 Å². The smallest absolute Gasteiger partial charge is 0.258 e. The molecular weight excluding hydrogens is 216 g/mol. The van der Waals surface area contributed by atoms with Crippen molar-refractivity contribution in [2.24, 2.45) is 0 Å². The summed E-state index contributed by atoms with van der Waals surface area (Å²) in [4.78, 5) is 14.3. The average Bonchev–Trinajstić information content (AvgIpc) is 2.17. The summed E-state index contributed by atoms with van der Waals surface area (Å²) in [7, 11) is 0. The first kappa shape index (κ1) is 9.86. The lowest BCUT2D eigenvalue weighted by Crippen LogP contribution is -1.93. The summed E-state index contributed by atoms with van der Waals surface area (Å²) in [6.45, 7) is 1.85. The SMILES string of the molecule is Cc1ccc([N+](=O)[O-])c2nccc(Cl)c12. The molecule has 2 aromatic rings. The molecule has 5 heteroatoms. The van der Waals surface area contributed by atoms with Crippen LogP contribution in [-0.4, -0.2) is 9.91 Å². The number of fused-ring (bicyclic) bond motifs is 1. The zero-order valence-electron chi connectivity index (χ0n) is 7.90. The first-order valence-electron chi connectivity index (χ1n) is 4.29. The van der Waals surface area contributed by atoms with E-state index in [0.29, 0.717) is 15.9 Å². The lowest BCUT2D eigenvalue weighted by molar-refractivity contribution is -0.383. The number of hydrogen-bond acceptors (Lipinski definition) is 3. The van der Waals surface area contributed by atoms with Crippen molar-refractivity contribution in [3.8, 4) is 0 Å². The highest BCUT2D eigenvalue weighted by atomic mass is 35.5. The van der Waals surface area contributed by atoms with Gasteiger partial charge in [0.05, 0.1) is 9.95 Å². The van der Waals surface area contributed by atoms with E-state index >= 15 is 0 Å². The van der Waals surface area contributed by atoms with E-state index in [9.17, 15) is 10.1 Å². The number of nitro benzene ring substituents is 1. The van der Waals surface area contributed by atoms with Crippen LogP contribution in [0.25, 0.3) is 10.9 Å². The van der Waals surface area contributed by atoms with Crippen LogP contribution in [0.2, 0.25) is 5.02 Å². The van der Waals surface area contributed by atoms with Crippen molar-refractivity contribution in [1.29, 1.82) is 0 Å². The number of non-ortho nitro benzene ring substituents is 1. The van der Waals surface area contributed by atoms with E-state index in [1.165, 1.54) is 12.3 Å². The highest BCUT2D eigenvalue weighted by Crippen LogP contribution is 2.30. The minimum Gasteiger partial charge on any atom is -0.258 e. The second kappa shape index (κ2) is 3.47. The Morgan fingerprint density at radius 1 is 1.40 bits per heavy atom. The van der Waals surface area contributed by atoms with E-state index in [-0.39, 0.29) is 5.69 Å². The number of nitrogens with zero attached hydrogens (tertiary/aromatic N) is 2. The second-order valence-electron chi connectivity index (χ2n) is 3.18. The van der Waals surface area contributed by atoms with Crippen molar-refractivity contribution in [1.82, 2.24) is 4.98 Å². The van der Waals surface area contributed by atoms with Crippen LogP contribution in [0, 0.1) is 17.0 Å². The van der Waals surface area contributed by atoms with Gasteiger partial charge < -0.3 is 0 Å². The van der Waals surface area contributed by atoms with Gasteiger partial charge in [-0.2, -0.15) is 0 Å². The first-order valence-corrected chi connectivity index (χ1v) is 4.67. The lowest BCUT2D eigenvalue weighted by atomic mass is 10.1. The van der Waals surface area contributed by atoms with Gasteiger partial charge in [0, 0.05) is 17.6 Å². The van der Waals surface area contributed by atoms with Crippen molar-refractivity contribution in [2.75, 3.05) is 0 Å². The van der Waals surface area contributed by atoms with Gasteiger partial charge in [0.2, 0.25) is 0 Å². The standard InChI is InChI=1S/C10H7ClN2O2/c1-6-2-3-8(13(14)15)10-9(6)7(11)4-5-12-10/h2-5H,1H3. The third-order valence-electron chi connectivity index (χ3n) is 2.22. The molecule has 0 aliphatic carbocycles. The largest absolute Gasteiger partial charge is 0.295 e. The molecule has 0 spiro atoms. The maximum Gasteiger partial charge on any atom is 0.295 e. The molecule has 1 aromatic carbocycles. The number of pyridine rings is 1. The second-order valence-corrected chi connectivity index (χ2v) is 3.58. The molecule has 0 aliphatic rings. The molecule has 0 unspecified atom stereocenters. The van der Waals surface area contributed by atoms with E-state index in [4.69, 9.17) is 11.6 Å². The summed E-state index contributed by atoms with van der Waals surface area (Å²) in [5, 5.41) is 11.9. The minimum absolute atomic E-state index is 0.0156. The van der Waals surface area contributed by atoms with Crippen LogP contribution in [-0.2, 0) is 0 Å². The van der Waals surface area contributed by atoms with E-state index < -0.39 is 4.92 Å². The summed E-state index contributed by atoms with van der Waals surface area (Å²) in [5.74, 6) is 0. The molecule has 0 saturated carbocycles. The zero-order valence-corrected chi connectivity index (χ0v) is 8.65. The van der Waals surface area contributed by atoms with Crippen molar-refractivity contribution in [2.45, 2.75) is 6.92 Å². The summed E-state index contributed by atoms with van der Waals surface area (Å²) in [6.07, 6.45) is 1.47. The van der Waals surface area contributed by atoms with Gasteiger partial charge in [-0.05, 0) is 18.6 Å². The molecule has 1 heterocycles. The van der Waals surface area contributed by atoms with Gasteiger partial charge in [0.25, 0.3) is 5.69 Å². The van der Waals surface area contributed by atoms with E-state index in [2.05, 4.69) is 4.98 Å². The number of aromatic nitrogens is 1. The lowest BCUT2D eigenvalue weighted by Gasteiger charge is -2.03. The van der Waals surface area contributed by atoms with Crippen LogP contribution in [0.4, 0.5) is 5.69 Å². The maximum atomic E-state index is 10.8. The van der Waals surface area contributed by atoms with Gasteiger partial charge in [-0.15, -0.1) is 0 Å². The Labute approximate surface area is 90.7 Å². The third-order valence-corrected chi connectivity index (χ3v) is 2.54. The summed E-state index contributed by atoms with van der Waals surface area (Å²) in [5.41, 5.74) is 1.21. The zero-order chi connectivity index (χ0) is 11.0. The van der Waals surface area contributed by atoms with Gasteiger partial charge in [0.15, 0.2) is 0 Å². The summed E-state index contributed by atoms with van der Waals surface area (Å²) in [6, 6.07) is 4.75. The van der Waals surface area contributed by atoms with Crippen LogP contribution < -0.4 is 0 Å². The molecule has 0 saturated heterocycles. The fraction of sp³-hybridized carbons (Fsp3) is 0.100. The Morgan fingerprint density at radius 3 is 2.80 bits per heavy atom. The molecule has 4 nitrogen and oxygen atoms in total. The van der Waals surface area contributed by atoms with Crippen LogP contribution in [0.5, 0.6) is 0 Å². The quantitative estimate of drug-likeness (QED) is 0.550. The summed E-state index contributed by atoms with van der Waals surface area (Å²) < 4.78 is 0. The van der Waals surface area contributed by atoms with Gasteiger partial charge in [-0.1, -0.05) is 17.7 Å². The van der Waals surface area contributed by atoms with Crippen LogP contribution in [0.3, 0.4) is 0 Å². The van der Waals surface area contributed by atoms with Crippen molar-refractivity contribution < 1.29 is 4.92 Å². The van der Waals surface area contributed by atoms with Crippen LogP contribution >= 0.6 is 11.6 Å². The molecule has 0 fully saturated rings. The number of halogens is 1. The maximum absolute atomic E-state index is 10.8. The fourth-order valence-corrected chi connectivity index (χ4v) is 1.82. The topological polar surface area (TPSA) is 56.0 Å². The Balaban J connectivity index is 2.95. The Bertz CT molecular complexity index is 546. The predicted molar refractivity (Wildman–Crippen MR) is 58.1 cm³/mol. The molecule has 0 aliphatic heterocycles. The minimum atomic E-state index is -0.453. The number of aryl methyl sites for hydroxylation is 1. The molecule has 0 amide bonds. The number of rotatable bonds is 1. The molecule has 0 N–H and O–H groups in total. The van der Waals surface area contributed by atoms with Crippen LogP contribution in [0.15, 0.2) is 24.4 Å². The average molecular weight is 223 g/mol. The number of hydrogen-bond donors (Lipinski definition) is 0. The number of benzene rings is 1. The monoisotopic (exact) mass is 222 g/mol. The highest BCUT2D eigenvalue weighted by molar-refractivity contribution is 6.35. The Morgan fingerprint density at radius 2 is 2.13 bits per heavy atom. The highest BCUT2D eigenvalue weighted by Gasteiger charge is 2.15. The molecule has 0 radical (unpaired) electrons. The molecule has 2 rings (SSSR count). The normalized spacial score (nSPS) is 10.5. The van der Waals surface area contributed by atoms with Gasteiger partial charge in [-0.25, -0.2) is 4.98 Å². The van der Waals surface area contributed by atoms with Crippen molar-refractivity contribution in [3.05, 3.63) is 45.1 Å². The van der Waals surface area contributed by atoms with Crippen molar-refractivity contribution >= 4 is 28.2 Å². The van der Waals surface area contributed by atoms with E-state index in [1.807, 2.05) is 6.92 Å². The summed E-state index contributed by atoms with van der Waals surface area (Å²) >= 11 is 5.98. The van der Waals surface area contributed by atoms with E-state index in [1.54, 1.807) is 12.1 Å². The Kier molecular flexibility index (Phi) is 2.28. The fourth-order valence-electron chi connectivity index (χ4n) is 1.52.